The molecule has 12 heteroatoms. The van der Waals surface area contributed by atoms with Crippen LogP contribution in [-0.4, -0.2) is 32.7 Å². The molecule has 1 heterocycles. The van der Waals surface area contributed by atoms with Gasteiger partial charge in [0.2, 0.25) is 0 Å². The molecular formula is C24H19Cl2N5O4S. The topological polar surface area (TPSA) is 112 Å². The van der Waals surface area contributed by atoms with Crippen molar-refractivity contribution in [3.63, 3.8) is 0 Å². The van der Waals surface area contributed by atoms with E-state index in [1.165, 1.54) is 30.0 Å². The predicted molar refractivity (Wildman–Crippen MR) is 138 cm³/mol. The molecule has 4 aromatic rings. The summed E-state index contributed by atoms with van der Waals surface area (Å²) >= 11 is 13.4. The molecule has 36 heavy (non-hydrogen) atoms. The van der Waals surface area contributed by atoms with Gasteiger partial charge in [-0.25, -0.2) is 0 Å². The van der Waals surface area contributed by atoms with Gasteiger partial charge in [0.15, 0.2) is 11.0 Å². The Morgan fingerprint density at radius 3 is 2.56 bits per heavy atom. The highest BCUT2D eigenvalue weighted by atomic mass is 35.5. The Hall–Kier alpha value is -3.60. The Morgan fingerprint density at radius 2 is 1.86 bits per heavy atom. The summed E-state index contributed by atoms with van der Waals surface area (Å²) < 4.78 is 7.04. The number of nitro benzene ring substituents is 1. The molecule has 0 unspecified atom stereocenters. The van der Waals surface area contributed by atoms with Crippen LogP contribution in [0.5, 0.6) is 5.75 Å². The minimum absolute atomic E-state index is 0.0353. The number of nitrogens with one attached hydrogen (secondary N) is 1. The lowest BCUT2D eigenvalue weighted by Crippen LogP contribution is -2.24. The van der Waals surface area contributed by atoms with Gasteiger partial charge < -0.3 is 10.1 Å². The fourth-order valence-corrected chi connectivity index (χ4v) is 4.51. The number of thioether (sulfide) groups is 1. The lowest BCUT2D eigenvalue weighted by molar-refractivity contribution is -0.384. The van der Waals surface area contributed by atoms with Crippen LogP contribution in [0.2, 0.25) is 10.0 Å². The Bertz CT molecular complexity index is 1410. The van der Waals surface area contributed by atoms with Gasteiger partial charge in [-0.05, 0) is 48.0 Å². The molecule has 0 fully saturated rings. The molecule has 0 spiro atoms. The van der Waals surface area contributed by atoms with E-state index in [1.807, 2.05) is 24.3 Å². The van der Waals surface area contributed by atoms with Crippen molar-refractivity contribution in [2.75, 3.05) is 7.11 Å². The number of aromatic nitrogens is 3. The van der Waals surface area contributed by atoms with Crippen LogP contribution in [0.15, 0.2) is 71.9 Å². The van der Waals surface area contributed by atoms with E-state index in [4.69, 9.17) is 27.9 Å². The minimum atomic E-state index is -0.466. The third-order valence-electron chi connectivity index (χ3n) is 5.11. The molecule has 0 saturated carbocycles. The van der Waals surface area contributed by atoms with Crippen molar-refractivity contribution in [1.29, 1.82) is 0 Å². The number of hydrogen-bond donors (Lipinski definition) is 1. The number of carbonyl (C=O) groups excluding carboxylic acids is 1. The average molecular weight is 544 g/mol. The maximum absolute atomic E-state index is 12.7. The monoisotopic (exact) mass is 543 g/mol. The number of non-ortho nitro benzene ring substituents is 1. The summed E-state index contributed by atoms with van der Waals surface area (Å²) in [6, 6.07) is 18.3. The zero-order valence-corrected chi connectivity index (χ0v) is 21.2. The molecular weight excluding hydrogens is 525 g/mol. The maximum atomic E-state index is 12.7. The second-order valence-corrected chi connectivity index (χ2v) is 9.22. The number of benzene rings is 3. The molecule has 9 nitrogen and oxygen atoms in total. The van der Waals surface area contributed by atoms with Gasteiger partial charge in [0.25, 0.3) is 11.6 Å². The molecule has 3 aromatic carbocycles. The number of halogens is 2. The van der Waals surface area contributed by atoms with E-state index in [9.17, 15) is 14.9 Å². The minimum Gasteiger partial charge on any atom is -0.497 e. The van der Waals surface area contributed by atoms with E-state index < -0.39 is 4.92 Å². The highest BCUT2D eigenvalue weighted by Crippen LogP contribution is 2.28. The first-order chi connectivity index (χ1) is 17.4. The van der Waals surface area contributed by atoms with E-state index in [2.05, 4.69) is 15.5 Å². The molecule has 0 radical (unpaired) electrons. The van der Waals surface area contributed by atoms with Crippen molar-refractivity contribution in [2.24, 2.45) is 0 Å². The first-order valence-corrected chi connectivity index (χ1v) is 12.3. The third kappa shape index (κ3) is 5.96. The second-order valence-electron chi connectivity index (χ2n) is 7.46. The zero-order chi connectivity index (χ0) is 25.7. The average Bonchev–Trinajstić information content (AvgIpc) is 3.30. The molecule has 1 aromatic heterocycles. The maximum Gasteiger partial charge on any atom is 0.269 e. The first kappa shape index (κ1) is 25.5. The number of methoxy groups -OCH3 is 1. The van der Waals surface area contributed by atoms with Gasteiger partial charge in [-0.15, -0.1) is 10.2 Å². The van der Waals surface area contributed by atoms with Crippen LogP contribution in [0.25, 0.3) is 5.69 Å². The summed E-state index contributed by atoms with van der Waals surface area (Å²) in [7, 11) is 1.61. The summed E-state index contributed by atoms with van der Waals surface area (Å²) in [5.41, 5.74) is 1.95. The number of rotatable bonds is 9. The van der Waals surface area contributed by atoms with E-state index in [0.29, 0.717) is 33.0 Å². The Labute approximate surface area is 220 Å². The number of nitrogens with zero attached hydrogens (tertiary/aromatic N) is 4. The lowest BCUT2D eigenvalue weighted by Gasteiger charge is -2.11. The third-order valence-corrected chi connectivity index (χ3v) is 6.85. The van der Waals surface area contributed by atoms with Crippen LogP contribution in [0.4, 0.5) is 5.69 Å². The van der Waals surface area contributed by atoms with Crippen LogP contribution in [0, 0.1) is 10.1 Å². The molecule has 184 valence electrons. The second kappa shape index (κ2) is 11.4. The number of carbonyl (C=O) groups is 1. The van der Waals surface area contributed by atoms with Crippen LogP contribution >= 0.6 is 35.0 Å². The van der Waals surface area contributed by atoms with Gasteiger partial charge >= 0.3 is 0 Å². The SMILES string of the molecule is COc1cccc(CSc2nnc(CNC(=O)c3ccc(Cl)c(Cl)c3)n2-c2ccc([N+](=O)[O-])cc2)c1. The summed E-state index contributed by atoms with van der Waals surface area (Å²) in [5.74, 6) is 1.41. The number of nitro groups is 1. The fraction of sp³-hybridized carbons (Fsp3) is 0.125. The number of hydrogen-bond acceptors (Lipinski definition) is 7. The highest BCUT2D eigenvalue weighted by molar-refractivity contribution is 7.98. The number of ether oxygens (including phenoxy) is 1. The van der Waals surface area contributed by atoms with Crippen molar-refractivity contribution in [2.45, 2.75) is 17.5 Å². The largest absolute Gasteiger partial charge is 0.497 e. The smallest absolute Gasteiger partial charge is 0.269 e. The van der Waals surface area contributed by atoms with Gasteiger partial charge in [-0.3, -0.25) is 19.5 Å². The lowest BCUT2D eigenvalue weighted by atomic mass is 10.2. The van der Waals surface area contributed by atoms with Gasteiger partial charge in [-0.2, -0.15) is 0 Å². The molecule has 1 N–H and O–H groups in total. The molecule has 4 rings (SSSR count). The summed E-state index contributed by atoms with van der Waals surface area (Å²) in [5, 5.41) is 23.7. The Balaban J connectivity index is 1.59. The van der Waals surface area contributed by atoms with E-state index in [1.54, 1.807) is 35.9 Å². The van der Waals surface area contributed by atoms with Crippen molar-refractivity contribution >= 4 is 46.6 Å². The normalized spacial score (nSPS) is 10.8. The van der Waals surface area contributed by atoms with Crippen LogP contribution in [0.3, 0.4) is 0 Å². The zero-order valence-electron chi connectivity index (χ0n) is 18.9. The number of amides is 1. The standard InChI is InChI=1S/C24H19Cl2N5O4S/c1-35-19-4-2-3-15(11-19)14-36-24-29-28-22(30(24)17-6-8-18(9-7-17)31(33)34)13-27-23(32)16-5-10-20(25)21(26)12-16/h2-12H,13-14H2,1H3,(H,27,32). The van der Waals surface area contributed by atoms with Crippen LogP contribution < -0.4 is 10.1 Å². The molecule has 0 aliphatic rings. The van der Waals surface area contributed by atoms with Crippen molar-refractivity contribution in [3.8, 4) is 11.4 Å². The van der Waals surface area contributed by atoms with Crippen LogP contribution in [-0.2, 0) is 12.3 Å². The summed E-state index contributed by atoms with van der Waals surface area (Å²) in [4.78, 5) is 23.3. The first-order valence-electron chi connectivity index (χ1n) is 10.5. The fourth-order valence-electron chi connectivity index (χ4n) is 3.30. The molecule has 0 saturated heterocycles. The van der Waals surface area contributed by atoms with Gasteiger partial charge in [-0.1, -0.05) is 47.1 Å². The molecule has 0 aliphatic heterocycles. The Kier molecular flexibility index (Phi) is 8.09. The van der Waals surface area contributed by atoms with Gasteiger partial charge in [0.1, 0.15) is 5.75 Å². The highest BCUT2D eigenvalue weighted by Gasteiger charge is 2.17. The predicted octanol–water partition coefficient (Wildman–Crippen LogP) is 5.71. The Morgan fingerprint density at radius 1 is 1.08 bits per heavy atom. The van der Waals surface area contributed by atoms with Crippen molar-refractivity contribution < 1.29 is 14.5 Å². The van der Waals surface area contributed by atoms with E-state index in [-0.39, 0.29) is 23.2 Å². The summed E-state index contributed by atoms with van der Waals surface area (Å²) in [6.45, 7) is 0.0583. The molecule has 0 atom stereocenters. The van der Waals surface area contributed by atoms with Crippen molar-refractivity contribution in [1.82, 2.24) is 20.1 Å². The molecule has 1 amide bonds. The van der Waals surface area contributed by atoms with Gasteiger partial charge in [0, 0.05) is 29.1 Å². The van der Waals surface area contributed by atoms with Crippen molar-refractivity contribution in [3.05, 3.63) is 104 Å². The summed E-state index contributed by atoms with van der Waals surface area (Å²) in [6.07, 6.45) is 0. The van der Waals surface area contributed by atoms with Crippen LogP contribution in [0.1, 0.15) is 21.7 Å². The quantitative estimate of drug-likeness (QED) is 0.163. The van der Waals surface area contributed by atoms with E-state index >= 15 is 0 Å². The van der Waals surface area contributed by atoms with Gasteiger partial charge in [0.05, 0.1) is 28.6 Å². The van der Waals surface area contributed by atoms with E-state index in [0.717, 1.165) is 11.3 Å². The molecule has 0 aliphatic carbocycles. The molecule has 0 bridgehead atoms.